The summed E-state index contributed by atoms with van der Waals surface area (Å²) in [5.74, 6) is 0.0562. The molecule has 4 nitrogen and oxygen atoms in total. The van der Waals surface area contributed by atoms with Crippen LogP contribution in [0.4, 0.5) is 0 Å². The first-order chi connectivity index (χ1) is 11.3. The van der Waals surface area contributed by atoms with Gasteiger partial charge in [-0.3, -0.25) is 0 Å². The Kier molecular flexibility index (Phi) is 6.18. The molecule has 5 heteroatoms. The molecular weight excluding hydrogens is 332 g/mol. The summed E-state index contributed by atoms with van der Waals surface area (Å²) in [7, 11) is -2.42. The SMILES string of the molecule is C[C@@H]1C[C@@H]([C@@H](C)CCC2(C)OCCO2)O[Si](C(C)(C)C)(C(C)(C)C)O1. The maximum Gasteiger partial charge on any atom is 0.349 e. The molecule has 0 amide bonds. The molecule has 25 heavy (non-hydrogen) atoms. The van der Waals surface area contributed by atoms with E-state index >= 15 is 0 Å². The Hall–Kier alpha value is 0.0569. The zero-order valence-corrected chi connectivity index (χ0v) is 18.9. The first kappa shape index (κ1) is 21.4. The van der Waals surface area contributed by atoms with E-state index in [1.54, 1.807) is 0 Å². The van der Waals surface area contributed by atoms with E-state index in [0.717, 1.165) is 19.3 Å². The van der Waals surface area contributed by atoms with Crippen molar-refractivity contribution in [1.29, 1.82) is 0 Å². The predicted octanol–water partition coefficient (Wildman–Crippen LogP) is 5.40. The maximum atomic E-state index is 6.92. The molecule has 3 atom stereocenters. The molecule has 0 aromatic carbocycles. The van der Waals surface area contributed by atoms with Gasteiger partial charge < -0.3 is 18.3 Å². The number of ether oxygens (including phenoxy) is 2. The Labute approximate surface area is 156 Å². The van der Waals surface area contributed by atoms with Gasteiger partial charge in [0.05, 0.1) is 19.3 Å². The zero-order chi connectivity index (χ0) is 19.1. The van der Waals surface area contributed by atoms with E-state index in [9.17, 15) is 0 Å². The van der Waals surface area contributed by atoms with Crippen molar-refractivity contribution in [2.24, 2.45) is 5.92 Å². The molecule has 2 fully saturated rings. The fourth-order valence-corrected chi connectivity index (χ4v) is 9.64. The van der Waals surface area contributed by atoms with Crippen molar-refractivity contribution in [3.63, 3.8) is 0 Å². The normalized spacial score (nSPS) is 31.1. The van der Waals surface area contributed by atoms with Crippen LogP contribution >= 0.6 is 0 Å². The minimum atomic E-state index is -2.42. The Morgan fingerprint density at radius 1 is 1.00 bits per heavy atom. The largest absolute Gasteiger partial charge is 0.391 e. The molecule has 0 spiro atoms. The highest BCUT2D eigenvalue weighted by molar-refractivity contribution is 6.73. The third kappa shape index (κ3) is 4.49. The van der Waals surface area contributed by atoms with Crippen LogP contribution < -0.4 is 0 Å². The number of hydrogen-bond acceptors (Lipinski definition) is 4. The van der Waals surface area contributed by atoms with Crippen LogP contribution in [0, 0.1) is 5.92 Å². The van der Waals surface area contributed by atoms with Gasteiger partial charge in [-0.25, -0.2) is 0 Å². The molecule has 2 rings (SSSR count). The van der Waals surface area contributed by atoms with Crippen LogP contribution in [0.5, 0.6) is 0 Å². The average molecular weight is 373 g/mol. The van der Waals surface area contributed by atoms with E-state index in [1.807, 2.05) is 0 Å². The van der Waals surface area contributed by atoms with E-state index < -0.39 is 14.3 Å². The van der Waals surface area contributed by atoms with E-state index in [1.165, 1.54) is 0 Å². The average Bonchev–Trinajstić information content (AvgIpc) is 2.89. The van der Waals surface area contributed by atoms with Gasteiger partial charge in [-0.05, 0) is 32.6 Å². The van der Waals surface area contributed by atoms with E-state index in [-0.39, 0.29) is 22.3 Å². The van der Waals surface area contributed by atoms with Gasteiger partial charge in [0.2, 0.25) is 0 Å². The molecule has 2 saturated heterocycles. The maximum absolute atomic E-state index is 6.92. The van der Waals surface area contributed by atoms with Gasteiger partial charge in [-0.15, -0.1) is 0 Å². The molecular formula is C20H40O4Si. The molecule has 0 radical (unpaired) electrons. The fourth-order valence-electron chi connectivity index (χ4n) is 4.51. The summed E-state index contributed by atoms with van der Waals surface area (Å²) < 4.78 is 25.1. The lowest BCUT2D eigenvalue weighted by atomic mass is 9.93. The summed E-state index contributed by atoms with van der Waals surface area (Å²) in [6.07, 6.45) is 3.44. The smallest absolute Gasteiger partial charge is 0.349 e. The molecule has 0 N–H and O–H groups in total. The molecule has 148 valence electrons. The minimum Gasteiger partial charge on any atom is -0.391 e. The van der Waals surface area contributed by atoms with Crippen molar-refractivity contribution < 1.29 is 18.3 Å². The van der Waals surface area contributed by atoms with Crippen LogP contribution in [0.15, 0.2) is 0 Å². The Morgan fingerprint density at radius 3 is 2.00 bits per heavy atom. The highest BCUT2D eigenvalue weighted by atomic mass is 28.4. The zero-order valence-electron chi connectivity index (χ0n) is 17.9. The second-order valence-corrected chi connectivity index (χ2v) is 15.0. The van der Waals surface area contributed by atoms with Crippen molar-refractivity contribution in [3.8, 4) is 0 Å². The van der Waals surface area contributed by atoms with Crippen molar-refractivity contribution in [1.82, 2.24) is 0 Å². The van der Waals surface area contributed by atoms with Crippen LogP contribution in [0.3, 0.4) is 0 Å². The molecule has 0 unspecified atom stereocenters. The molecule has 0 aromatic heterocycles. The Morgan fingerprint density at radius 2 is 1.52 bits per heavy atom. The van der Waals surface area contributed by atoms with Crippen LogP contribution in [-0.2, 0) is 18.3 Å². The van der Waals surface area contributed by atoms with Crippen molar-refractivity contribution >= 4 is 8.56 Å². The molecule has 2 aliphatic rings. The quantitative estimate of drug-likeness (QED) is 0.619. The monoisotopic (exact) mass is 372 g/mol. The van der Waals surface area contributed by atoms with Gasteiger partial charge in [0.1, 0.15) is 0 Å². The van der Waals surface area contributed by atoms with Gasteiger partial charge >= 0.3 is 8.56 Å². The molecule has 2 aliphatic heterocycles. The molecule has 0 saturated carbocycles. The van der Waals surface area contributed by atoms with Gasteiger partial charge in [-0.1, -0.05) is 48.5 Å². The first-order valence-corrected chi connectivity index (χ1v) is 11.7. The highest BCUT2D eigenvalue weighted by Gasteiger charge is 2.61. The lowest BCUT2D eigenvalue weighted by molar-refractivity contribution is -0.151. The minimum absolute atomic E-state index is 0.0293. The van der Waals surface area contributed by atoms with Crippen LogP contribution in [0.25, 0.3) is 0 Å². The Bertz CT molecular complexity index is 432. The summed E-state index contributed by atoms with van der Waals surface area (Å²) in [6.45, 7) is 21.7. The van der Waals surface area contributed by atoms with Crippen molar-refractivity contribution in [3.05, 3.63) is 0 Å². The van der Waals surface area contributed by atoms with Crippen molar-refractivity contribution in [2.45, 2.75) is 110 Å². The summed E-state index contributed by atoms with van der Waals surface area (Å²) in [5, 5.41) is 0.0586. The third-order valence-electron chi connectivity index (χ3n) is 5.81. The molecule has 0 aliphatic carbocycles. The topological polar surface area (TPSA) is 36.9 Å². The lowest BCUT2D eigenvalue weighted by Crippen LogP contribution is -2.64. The van der Waals surface area contributed by atoms with Crippen LogP contribution in [0.1, 0.15) is 81.6 Å². The lowest BCUT2D eigenvalue weighted by Gasteiger charge is -2.55. The van der Waals surface area contributed by atoms with E-state index in [4.69, 9.17) is 18.3 Å². The van der Waals surface area contributed by atoms with Gasteiger partial charge in [0.15, 0.2) is 5.79 Å². The molecule has 0 bridgehead atoms. The highest BCUT2D eigenvalue weighted by Crippen LogP contribution is 2.55. The van der Waals surface area contributed by atoms with Crippen molar-refractivity contribution in [2.75, 3.05) is 13.2 Å². The first-order valence-electron chi connectivity index (χ1n) is 9.93. The van der Waals surface area contributed by atoms with Gasteiger partial charge in [0.25, 0.3) is 0 Å². The Balaban J connectivity index is 2.12. The summed E-state index contributed by atoms with van der Waals surface area (Å²) in [5.41, 5.74) is 0. The standard InChI is InChI=1S/C20H40O4Si/c1-15(10-11-20(9)21-12-13-22-20)17-14-16(2)23-25(24-17,18(3,4)5)19(6,7)8/h15-17H,10-14H2,1-9H3/t15-,16+,17-/m0/s1. The number of rotatable bonds is 4. The van der Waals surface area contributed by atoms with E-state index in [0.29, 0.717) is 19.1 Å². The summed E-state index contributed by atoms with van der Waals surface area (Å²) >= 11 is 0. The van der Waals surface area contributed by atoms with E-state index in [2.05, 4.69) is 62.3 Å². The second-order valence-electron chi connectivity index (χ2n) is 10.3. The summed E-state index contributed by atoms with van der Waals surface area (Å²) in [4.78, 5) is 0. The molecule has 2 heterocycles. The third-order valence-corrected chi connectivity index (χ3v) is 11.1. The summed E-state index contributed by atoms with van der Waals surface area (Å²) in [6, 6.07) is 0. The van der Waals surface area contributed by atoms with Gasteiger partial charge in [-0.2, -0.15) is 0 Å². The van der Waals surface area contributed by atoms with Crippen LogP contribution in [0.2, 0.25) is 10.1 Å². The predicted molar refractivity (Wildman–Crippen MR) is 104 cm³/mol. The molecule has 0 aromatic rings. The van der Waals surface area contributed by atoms with Crippen LogP contribution in [-0.4, -0.2) is 39.8 Å². The second kappa shape index (κ2) is 7.23. The fraction of sp³-hybridized carbons (Fsp3) is 1.00. The number of hydrogen-bond donors (Lipinski definition) is 0. The van der Waals surface area contributed by atoms with Gasteiger partial charge in [0, 0.05) is 22.6 Å².